The van der Waals surface area contributed by atoms with E-state index in [1.165, 1.54) is 0 Å². The number of benzene rings is 3. The van der Waals surface area contributed by atoms with E-state index in [1.807, 2.05) is 60.7 Å². The molecule has 0 aromatic heterocycles. The molecular formula is C22H20Cl2N2O2. The first-order valence-electron chi connectivity index (χ1n) is 8.70. The van der Waals surface area contributed by atoms with E-state index in [0.29, 0.717) is 28.9 Å². The Morgan fingerprint density at radius 3 is 2.57 bits per heavy atom. The number of hydrogen-bond donors (Lipinski definition) is 1. The maximum absolute atomic E-state index is 6.13. The maximum Gasteiger partial charge on any atom is 0.128 e. The predicted octanol–water partition coefficient (Wildman–Crippen LogP) is 5.70. The van der Waals surface area contributed by atoms with Gasteiger partial charge in [-0.3, -0.25) is 0 Å². The maximum atomic E-state index is 6.13. The molecule has 4 nitrogen and oxygen atoms in total. The van der Waals surface area contributed by atoms with Crippen LogP contribution in [-0.2, 0) is 13.2 Å². The first kappa shape index (κ1) is 20.1. The minimum Gasteiger partial charge on any atom is -0.496 e. The fourth-order valence-corrected chi connectivity index (χ4v) is 3.03. The number of para-hydroxylation sites is 1. The van der Waals surface area contributed by atoms with E-state index in [2.05, 4.69) is 10.5 Å². The molecule has 0 saturated carbocycles. The highest BCUT2D eigenvalue weighted by atomic mass is 35.5. The smallest absolute Gasteiger partial charge is 0.128 e. The zero-order chi connectivity index (χ0) is 19.8. The summed E-state index contributed by atoms with van der Waals surface area (Å²) in [5, 5.41) is 5.59. The van der Waals surface area contributed by atoms with Crippen LogP contribution in [0.5, 0.6) is 11.5 Å². The molecule has 0 spiro atoms. The van der Waals surface area contributed by atoms with Crippen LogP contribution < -0.4 is 14.9 Å². The Labute approximate surface area is 174 Å². The van der Waals surface area contributed by atoms with Crippen LogP contribution in [0, 0.1) is 0 Å². The van der Waals surface area contributed by atoms with Crippen molar-refractivity contribution in [3.63, 3.8) is 0 Å². The first-order valence-corrected chi connectivity index (χ1v) is 9.46. The minimum atomic E-state index is 0.400. The van der Waals surface area contributed by atoms with Gasteiger partial charge >= 0.3 is 0 Å². The van der Waals surface area contributed by atoms with E-state index in [0.717, 1.165) is 22.4 Å². The van der Waals surface area contributed by atoms with Gasteiger partial charge < -0.3 is 14.9 Å². The van der Waals surface area contributed by atoms with Crippen molar-refractivity contribution >= 4 is 29.4 Å². The van der Waals surface area contributed by atoms with Crippen molar-refractivity contribution in [3.05, 3.63) is 93.5 Å². The summed E-state index contributed by atoms with van der Waals surface area (Å²) in [5.41, 5.74) is 5.81. The molecule has 0 aliphatic rings. The van der Waals surface area contributed by atoms with E-state index in [1.54, 1.807) is 19.4 Å². The van der Waals surface area contributed by atoms with Gasteiger partial charge in [0.15, 0.2) is 0 Å². The summed E-state index contributed by atoms with van der Waals surface area (Å²) in [4.78, 5) is 0. The zero-order valence-corrected chi connectivity index (χ0v) is 16.9. The lowest BCUT2D eigenvalue weighted by atomic mass is 10.2. The van der Waals surface area contributed by atoms with E-state index < -0.39 is 0 Å². The molecule has 3 rings (SSSR count). The molecule has 0 aliphatic heterocycles. The van der Waals surface area contributed by atoms with Crippen LogP contribution in [0.15, 0.2) is 71.8 Å². The summed E-state index contributed by atoms with van der Waals surface area (Å²) in [5.74, 6) is 1.51. The van der Waals surface area contributed by atoms with Crippen LogP contribution in [0.3, 0.4) is 0 Å². The van der Waals surface area contributed by atoms with Gasteiger partial charge in [-0.2, -0.15) is 5.10 Å². The summed E-state index contributed by atoms with van der Waals surface area (Å²) in [6, 6.07) is 20.8. The Morgan fingerprint density at radius 1 is 0.929 bits per heavy atom. The summed E-state index contributed by atoms with van der Waals surface area (Å²) in [7, 11) is 1.65. The first-order chi connectivity index (χ1) is 13.7. The summed E-state index contributed by atoms with van der Waals surface area (Å²) in [6.45, 7) is 0.942. The largest absolute Gasteiger partial charge is 0.496 e. The van der Waals surface area contributed by atoms with Crippen LogP contribution in [-0.4, -0.2) is 13.3 Å². The molecule has 0 bridgehead atoms. The lowest BCUT2D eigenvalue weighted by molar-refractivity contribution is 0.306. The molecule has 0 unspecified atom stereocenters. The average Bonchev–Trinajstić information content (AvgIpc) is 2.71. The van der Waals surface area contributed by atoms with Crippen molar-refractivity contribution in [1.82, 2.24) is 5.43 Å². The van der Waals surface area contributed by atoms with Crippen molar-refractivity contribution in [2.45, 2.75) is 13.2 Å². The Kier molecular flexibility index (Phi) is 7.18. The van der Waals surface area contributed by atoms with Gasteiger partial charge in [-0.05, 0) is 42.0 Å². The summed E-state index contributed by atoms with van der Waals surface area (Å²) >= 11 is 12.2. The Morgan fingerprint density at radius 2 is 1.75 bits per heavy atom. The Balaban J connectivity index is 1.65. The molecule has 0 heterocycles. The number of halogens is 2. The fraction of sp³-hybridized carbons (Fsp3) is 0.136. The SMILES string of the molecule is COc1ccccc1CN/N=C\c1cc(Cl)ccc1OCc1cccc(Cl)c1. The van der Waals surface area contributed by atoms with E-state index in [9.17, 15) is 0 Å². The van der Waals surface area contributed by atoms with Crippen molar-refractivity contribution in [3.8, 4) is 11.5 Å². The monoisotopic (exact) mass is 414 g/mol. The number of ether oxygens (including phenoxy) is 2. The van der Waals surface area contributed by atoms with Crippen molar-refractivity contribution in [2.24, 2.45) is 5.10 Å². The molecule has 3 aromatic carbocycles. The van der Waals surface area contributed by atoms with Gasteiger partial charge in [0.25, 0.3) is 0 Å². The van der Waals surface area contributed by atoms with Gasteiger partial charge in [-0.15, -0.1) is 0 Å². The molecular weight excluding hydrogens is 395 g/mol. The molecule has 0 atom stereocenters. The van der Waals surface area contributed by atoms with Gasteiger partial charge in [0.2, 0.25) is 0 Å². The van der Waals surface area contributed by atoms with Crippen LogP contribution in [0.4, 0.5) is 0 Å². The highest BCUT2D eigenvalue weighted by Gasteiger charge is 2.05. The zero-order valence-electron chi connectivity index (χ0n) is 15.4. The number of hydrazone groups is 1. The molecule has 6 heteroatoms. The fourth-order valence-electron chi connectivity index (χ4n) is 2.63. The standard InChI is InChI=1S/C22H20Cl2N2O2/c1-27-21-8-3-2-6-17(21)13-25-26-14-18-12-20(24)9-10-22(18)28-15-16-5-4-7-19(23)11-16/h2-12,14,25H,13,15H2,1H3/b26-14-. The molecule has 28 heavy (non-hydrogen) atoms. The number of nitrogens with zero attached hydrogens (tertiary/aromatic N) is 1. The third-order valence-electron chi connectivity index (χ3n) is 4.01. The van der Waals surface area contributed by atoms with Gasteiger partial charge in [0.1, 0.15) is 18.1 Å². The molecule has 0 saturated heterocycles. The second-order valence-electron chi connectivity index (χ2n) is 6.01. The molecule has 144 valence electrons. The van der Waals surface area contributed by atoms with Crippen LogP contribution in [0.25, 0.3) is 0 Å². The van der Waals surface area contributed by atoms with Gasteiger partial charge in [-0.25, -0.2) is 0 Å². The highest BCUT2D eigenvalue weighted by molar-refractivity contribution is 6.31. The van der Waals surface area contributed by atoms with E-state index in [4.69, 9.17) is 32.7 Å². The average molecular weight is 415 g/mol. The number of hydrogen-bond acceptors (Lipinski definition) is 4. The molecule has 3 aromatic rings. The molecule has 1 N–H and O–H groups in total. The summed E-state index contributed by atoms with van der Waals surface area (Å²) < 4.78 is 11.3. The molecule has 0 amide bonds. The normalized spacial score (nSPS) is 10.8. The summed E-state index contributed by atoms with van der Waals surface area (Å²) in [6.07, 6.45) is 1.69. The Hall–Kier alpha value is -2.69. The second-order valence-corrected chi connectivity index (χ2v) is 6.88. The van der Waals surface area contributed by atoms with Crippen LogP contribution in [0.1, 0.15) is 16.7 Å². The number of methoxy groups -OCH3 is 1. The van der Waals surface area contributed by atoms with Crippen molar-refractivity contribution in [2.75, 3.05) is 7.11 Å². The van der Waals surface area contributed by atoms with Crippen LogP contribution in [0.2, 0.25) is 10.0 Å². The second kappa shape index (κ2) is 10.0. The number of nitrogens with one attached hydrogen (secondary N) is 1. The van der Waals surface area contributed by atoms with E-state index >= 15 is 0 Å². The van der Waals surface area contributed by atoms with Gasteiger partial charge in [-0.1, -0.05) is 53.5 Å². The molecule has 0 fully saturated rings. The molecule has 0 aliphatic carbocycles. The lowest BCUT2D eigenvalue weighted by Gasteiger charge is -2.10. The van der Waals surface area contributed by atoms with Crippen molar-refractivity contribution < 1.29 is 9.47 Å². The highest BCUT2D eigenvalue weighted by Crippen LogP contribution is 2.23. The van der Waals surface area contributed by atoms with Crippen LogP contribution >= 0.6 is 23.2 Å². The molecule has 0 radical (unpaired) electrons. The Bertz CT molecular complexity index is 961. The lowest BCUT2D eigenvalue weighted by Crippen LogP contribution is -2.07. The van der Waals surface area contributed by atoms with Gasteiger partial charge in [0, 0.05) is 21.2 Å². The van der Waals surface area contributed by atoms with Crippen molar-refractivity contribution in [1.29, 1.82) is 0 Å². The third kappa shape index (κ3) is 5.65. The van der Waals surface area contributed by atoms with E-state index in [-0.39, 0.29) is 0 Å². The van der Waals surface area contributed by atoms with Gasteiger partial charge in [0.05, 0.1) is 19.9 Å². The topological polar surface area (TPSA) is 42.8 Å². The quantitative estimate of drug-likeness (QED) is 0.379. The minimum absolute atomic E-state index is 0.400. The third-order valence-corrected chi connectivity index (χ3v) is 4.48. The predicted molar refractivity (Wildman–Crippen MR) is 115 cm³/mol. The number of rotatable bonds is 8.